The van der Waals surface area contributed by atoms with Gasteiger partial charge in [-0.05, 0) is 37.5 Å². The van der Waals surface area contributed by atoms with E-state index in [9.17, 15) is 4.79 Å². The maximum absolute atomic E-state index is 12.3. The van der Waals surface area contributed by atoms with Crippen LogP contribution in [0.15, 0.2) is 35.1 Å². The van der Waals surface area contributed by atoms with Crippen LogP contribution in [0.1, 0.15) is 16.8 Å². The summed E-state index contributed by atoms with van der Waals surface area (Å²) in [7, 11) is 0. The van der Waals surface area contributed by atoms with Crippen LogP contribution < -0.4 is 20.6 Å². The summed E-state index contributed by atoms with van der Waals surface area (Å²) in [5, 5.41) is 0. The number of benzene rings is 1. The average Bonchev–Trinajstić information content (AvgIpc) is 2.73. The summed E-state index contributed by atoms with van der Waals surface area (Å²) < 4.78 is 22.2. The smallest absolute Gasteiger partial charge is 0.194 e. The molecule has 1 fully saturated rings. The maximum atomic E-state index is 12.3. The van der Waals surface area contributed by atoms with E-state index in [-0.39, 0.29) is 11.5 Å². The van der Waals surface area contributed by atoms with Crippen molar-refractivity contribution in [3.63, 3.8) is 0 Å². The zero-order valence-corrected chi connectivity index (χ0v) is 16.4. The standard InChI is InChI=1S/C21H28N2O5/c1-15-19(7-4-16-2-5-17(6-3-16)26-9-8-22)23-21(12-20(15)24)28-14-18-13-25-10-11-27-18/h2-3,5-6,12,18H,4,7-11,13-14,22H2,1H3,(H,23,24)/p+1. The molecule has 0 saturated carbocycles. The normalized spacial score (nSPS) is 16.7. The number of rotatable bonds is 9. The number of H-pyrrole nitrogens is 1. The van der Waals surface area contributed by atoms with E-state index in [0.29, 0.717) is 38.9 Å². The van der Waals surface area contributed by atoms with Crippen molar-refractivity contribution in [3.05, 3.63) is 57.4 Å². The lowest BCUT2D eigenvalue weighted by Crippen LogP contribution is -2.52. The number of hydrogen-bond donors (Lipinski definition) is 2. The van der Waals surface area contributed by atoms with Crippen molar-refractivity contribution >= 4 is 0 Å². The zero-order valence-electron chi connectivity index (χ0n) is 16.4. The van der Waals surface area contributed by atoms with Gasteiger partial charge >= 0.3 is 0 Å². The Bertz CT molecular complexity index is 797. The molecule has 4 N–H and O–H groups in total. The molecule has 0 amide bonds. The van der Waals surface area contributed by atoms with E-state index in [0.717, 1.165) is 36.4 Å². The second kappa shape index (κ2) is 10.3. The maximum Gasteiger partial charge on any atom is 0.194 e. The fourth-order valence-electron chi connectivity index (χ4n) is 3.01. The predicted octanol–water partition coefficient (Wildman–Crippen LogP) is 0.883. The van der Waals surface area contributed by atoms with Crippen LogP contribution in [0, 0.1) is 6.92 Å². The molecule has 1 unspecified atom stereocenters. The minimum atomic E-state index is -0.105. The van der Waals surface area contributed by atoms with Crippen molar-refractivity contribution < 1.29 is 24.7 Å². The highest BCUT2D eigenvalue weighted by Gasteiger charge is 2.16. The van der Waals surface area contributed by atoms with Crippen LogP contribution in [0.25, 0.3) is 0 Å². The van der Waals surface area contributed by atoms with E-state index in [4.69, 9.17) is 18.9 Å². The molecule has 1 aromatic carbocycles. The Labute approximate surface area is 164 Å². The summed E-state index contributed by atoms with van der Waals surface area (Å²) in [4.78, 5) is 15.5. The summed E-state index contributed by atoms with van der Waals surface area (Å²) in [5.74, 6) is 1.32. The van der Waals surface area contributed by atoms with E-state index in [1.807, 2.05) is 31.2 Å². The molecule has 1 aliphatic heterocycles. The molecule has 28 heavy (non-hydrogen) atoms. The first-order valence-corrected chi connectivity index (χ1v) is 9.71. The highest BCUT2D eigenvalue weighted by molar-refractivity contribution is 5.29. The van der Waals surface area contributed by atoms with Crippen LogP contribution in [0.3, 0.4) is 0 Å². The Hall–Kier alpha value is -2.35. The molecule has 2 aromatic rings. The topological polar surface area (TPSA) is 97.4 Å². The molecule has 7 heteroatoms. The van der Waals surface area contributed by atoms with E-state index in [1.165, 1.54) is 11.6 Å². The monoisotopic (exact) mass is 389 g/mol. The molecule has 0 aliphatic carbocycles. The summed E-state index contributed by atoms with van der Waals surface area (Å²) in [6, 6.07) is 9.52. The van der Waals surface area contributed by atoms with E-state index < -0.39 is 0 Å². The second-order valence-electron chi connectivity index (χ2n) is 6.83. The molecular weight excluding hydrogens is 360 g/mol. The van der Waals surface area contributed by atoms with Crippen molar-refractivity contribution in [2.75, 3.05) is 39.6 Å². The first-order valence-electron chi connectivity index (χ1n) is 9.71. The summed E-state index contributed by atoms with van der Waals surface area (Å²) in [6.07, 6.45) is 1.43. The minimum Gasteiger partial charge on any atom is -0.488 e. The van der Waals surface area contributed by atoms with Crippen LogP contribution in [0.2, 0.25) is 0 Å². The molecular formula is C21H29N2O5+. The van der Waals surface area contributed by atoms with Crippen molar-refractivity contribution in [2.24, 2.45) is 0 Å². The molecule has 7 nitrogen and oxygen atoms in total. The zero-order chi connectivity index (χ0) is 19.8. The van der Waals surface area contributed by atoms with Gasteiger partial charge in [-0.1, -0.05) is 12.1 Å². The summed E-state index contributed by atoms with van der Waals surface area (Å²) >= 11 is 0. The fraction of sp³-hybridized carbons (Fsp3) is 0.476. The minimum absolute atomic E-state index is 0.0264. The molecule has 3 rings (SSSR count). The van der Waals surface area contributed by atoms with E-state index in [2.05, 4.69) is 10.7 Å². The molecule has 0 bridgehead atoms. The lowest BCUT2D eigenvalue weighted by atomic mass is 10.0. The largest absolute Gasteiger partial charge is 0.488 e. The van der Waals surface area contributed by atoms with Gasteiger partial charge in [0.25, 0.3) is 0 Å². The third-order valence-electron chi connectivity index (χ3n) is 4.67. The van der Waals surface area contributed by atoms with E-state index >= 15 is 0 Å². The molecule has 0 radical (unpaired) electrons. The van der Waals surface area contributed by atoms with Gasteiger partial charge in [-0.25, -0.2) is 0 Å². The van der Waals surface area contributed by atoms with Crippen LogP contribution in [0.4, 0.5) is 0 Å². The van der Waals surface area contributed by atoms with Crippen molar-refractivity contribution in [1.82, 2.24) is 4.98 Å². The van der Waals surface area contributed by atoms with Crippen LogP contribution >= 0.6 is 0 Å². The molecule has 1 aliphatic rings. The van der Waals surface area contributed by atoms with Gasteiger partial charge in [0.2, 0.25) is 0 Å². The fourth-order valence-corrected chi connectivity index (χ4v) is 3.01. The predicted molar refractivity (Wildman–Crippen MR) is 105 cm³/mol. The van der Waals surface area contributed by atoms with Crippen molar-refractivity contribution in [2.45, 2.75) is 25.9 Å². The summed E-state index contributed by atoms with van der Waals surface area (Å²) in [6.45, 7) is 5.25. The van der Waals surface area contributed by atoms with Crippen molar-refractivity contribution in [1.29, 1.82) is 0 Å². The SMILES string of the molecule is Cc1c(CCc2ccc(OCC[NH3+])cc2)[nH]c(OCC2COCCO2)cc1=O. The Morgan fingerprint density at radius 2 is 2.00 bits per heavy atom. The number of aromatic amines is 1. The second-order valence-corrected chi connectivity index (χ2v) is 6.83. The number of nitrogens with one attached hydrogen (secondary N) is 1. The Morgan fingerprint density at radius 3 is 2.71 bits per heavy atom. The number of pyridine rings is 1. The average molecular weight is 389 g/mol. The molecule has 152 valence electrons. The molecule has 1 atom stereocenters. The molecule has 1 aromatic heterocycles. The first kappa shape index (κ1) is 20.4. The third-order valence-corrected chi connectivity index (χ3v) is 4.67. The van der Waals surface area contributed by atoms with Crippen LogP contribution in [0.5, 0.6) is 11.6 Å². The van der Waals surface area contributed by atoms with Gasteiger partial charge in [-0.3, -0.25) is 4.79 Å². The summed E-state index contributed by atoms with van der Waals surface area (Å²) in [5.41, 5.74) is 6.53. The third kappa shape index (κ3) is 5.82. The van der Waals surface area contributed by atoms with Gasteiger partial charge in [-0.15, -0.1) is 0 Å². The number of aromatic nitrogens is 1. The highest BCUT2D eigenvalue weighted by atomic mass is 16.6. The van der Waals surface area contributed by atoms with Gasteiger partial charge in [0, 0.05) is 17.3 Å². The molecule has 2 heterocycles. The number of aryl methyl sites for hydroxylation is 2. The Morgan fingerprint density at radius 1 is 1.18 bits per heavy atom. The van der Waals surface area contributed by atoms with Gasteiger partial charge in [0.15, 0.2) is 11.3 Å². The molecule has 1 saturated heterocycles. The van der Waals surface area contributed by atoms with Gasteiger partial charge < -0.3 is 29.7 Å². The van der Waals surface area contributed by atoms with Gasteiger partial charge in [0.1, 0.15) is 31.6 Å². The lowest BCUT2D eigenvalue weighted by molar-refractivity contribution is -0.370. The van der Waals surface area contributed by atoms with Gasteiger partial charge in [0.05, 0.1) is 19.8 Å². The van der Waals surface area contributed by atoms with Crippen LogP contribution in [-0.2, 0) is 22.3 Å². The number of hydrogen-bond acceptors (Lipinski definition) is 5. The number of ether oxygens (including phenoxy) is 4. The van der Waals surface area contributed by atoms with Crippen LogP contribution in [-0.4, -0.2) is 50.7 Å². The molecule has 0 spiro atoms. The van der Waals surface area contributed by atoms with Gasteiger partial charge in [-0.2, -0.15) is 0 Å². The van der Waals surface area contributed by atoms with Crippen molar-refractivity contribution in [3.8, 4) is 11.6 Å². The Kier molecular flexibility index (Phi) is 7.47. The van der Waals surface area contributed by atoms with E-state index in [1.54, 1.807) is 0 Å². The highest BCUT2D eigenvalue weighted by Crippen LogP contribution is 2.16. The lowest BCUT2D eigenvalue weighted by Gasteiger charge is -2.23. The quantitative estimate of drug-likeness (QED) is 0.664. The first-order chi connectivity index (χ1) is 13.7. The number of quaternary nitrogens is 1. The Balaban J connectivity index is 1.59.